The van der Waals surface area contributed by atoms with Gasteiger partial charge in [0.15, 0.2) is 0 Å². The van der Waals surface area contributed by atoms with Gasteiger partial charge in [-0.1, -0.05) is 35.9 Å². The van der Waals surface area contributed by atoms with E-state index in [0.717, 1.165) is 10.5 Å². The third kappa shape index (κ3) is 3.63. The maximum Gasteiger partial charge on any atom is 0.282 e. The Balaban J connectivity index is 1.87. The molecule has 0 bridgehead atoms. The van der Waals surface area contributed by atoms with E-state index in [2.05, 4.69) is 0 Å². The van der Waals surface area contributed by atoms with Crippen LogP contribution < -0.4 is 9.80 Å². The third-order valence-corrected chi connectivity index (χ3v) is 5.73. The number of nitro groups is 1. The van der Waals surface area contributed by atoms with E-state index in [4.69, 9.17) is 11.6 Å². The van der Waals surface area contributed by atoms with Crippen molar-refractivity contribution in [1.29, 1.82) is 0 Å². The van der Waals surface area contributed by atoms with Crippen molar-refractivity contribution in [2.45, 2.75) is 6.92 Å². The highest BCUT2D eigenvalue weighted by Crippen LogP contribution is 2.37. The Bertz CT molecular complexity index is 1270. The minimum absolute atomic E-state index is 0.105. The zero-order valence-electron chi connectivity index (χ0n) is 17.3. The number of carbonyl (C=O) groups is 2. The Labute approximate surface area is 189 Å². The molecule has 4 rings (SSSR count). The first-order chi connectivity index (χ1) is 15.3. The lowest BCUT2D eigenvalue weighted by atomic mass is 10.0. The number of imide groups is 1. The highest BCUT2D eigenvalue weighted by Gasteiger charge is 2.42. The molecule has 0 saturated carbocycles. The van der Waals surface area contributed by atoms with E-state index >= 15 is 0 Å². The van der Waals surface area contributed by atoms with Gasteiger partial charge in [-0.2, -0.15) is 0 Å². The van der Waals surface area contributed by atoms with Gasteiger partial charge in [-0.3, -0.25) is 19.7 Å². The van der Waals surface area contributed by atoms with Crippen LogP contribution in [0, 0.1) is 17.0 Å². The van der Waals surface area contributed by atoms with E-state index in [1.807, 2.05) is 37.3 Å². The van der Waals surface area contributed by atoms with E-state index < -0.39 is 16.7 Å². The number of hydrogen-bond acceptors (Lipinski definition) is 5. The summed E-state index contributed by atoms with van der Waals surface area (Å²) in [5.41, 5.74) is 2.52. The maximum atomic E-state index is 13.5. The van der Waals surface area contributed by atoms with Gasteiger partial charge < -0.3 is 4.90 Å². The number of rotatable bonds is 5. The van der Waals surface area contributed by atoms with Gasteiger partial charge in [0.25, 0.3) is 17.5 Å². The summed E-state index contributed by atoms with van der Waals surface area (Å²) >= 11 is 6.25. The molecule has 3 aromatic rings. The van der Waals surface area contributed by atoms with Crippen LogP contribution in [0.5, 0.6) is 0 Å². The highest BCUT2D eigenvalue weighted by atomic mass is 35.5. The molecule has 0 saturated heterocycles. The first-order valence-corrected chi connectivity index (χ1v) is 10.1. The fraction of sp³-hybridized carbons (Fsp3) is 0.0833. The SMILES string of the molecule is Cc1ccc(N2C(=O)C(c3ccc([N+](=O)[O-])cc3)=C(N(C)c3ccccc3)C2=O)cc1Cl. The molecule has 3 aromatic carbocycles. The second kappa shape index (κ2) is 8.28. The average molecular weight is 448 g/mol. The first-order valence-electron chi connectivity index (χ1n) is 9.72. The molecule has 160 valence electrons. The van der Waals surface area contributed by atoms with Gasteiger partial charge >= 0.3 is 0 Å². The lowest BCUT2D eigenvalue weighted by Crippen LogP contribution is -2.34. The van der Waals surface area contributed by atoms with Gasteiger partial charge in [0.05, 0.1) is 16.2 Å². The van der Waals surface area contributed by atoms with Crippen LogP contribution in [0.15, 0.2) is 78.5 Å². The zero-order valence-corrected chi connectivity index (χ0v) is 18.0. The van der Waals surface area contributed by atoms with E-state index in [9.17, 15) is 19.7 Å². The van der Waals surface area contributed by atoms with Crippen molar-refractivity contribution in [3.05, 3.63) is 105 Å². The molecule has 1 heterocycles. The van der Waals surface area contributed by atoms with Crippen LogP contribution in [0.2, 0.25) is 5.02 Å². The molecule has 2 amide bonds. The summed E-state index contributed by atoms with van der Waals surface area (Å²) in [6, 6.07) is 19.7. The summed E-state index contributed by atoms with van der Waals surface area (Å²) < 4.78 is 0. The molecule has 0 unspecified atom stereocenters. The fourth-order valence-electron chi connectivity index (χ4n) is 3.58. The van der Waals surface area contributed by atoms with Crippen molar-refractivity contribution in [2.24, 2.45) is 0 Å². The van der Waals surface area contributed by atoms with Gasteiger partial charge in [-0.25, -0.2) is 4.90 Å². The van der Waals surface area contributed by atoms with Crippen molar-refractivity contribution < 1.29 is 14.5 Å². The molecule has 8 heteroatoms. The molecule has 0 N–H and O–H groups in total. The molecule has 0 radical (unpaired) electrons. The Kier molecular flexibility index (Phi) is 5.50. The Morgan fingerprint density at radius 3 is 2.19 bits per heavy atom. The van der Waals surface area contributed by atoms with Gasteiger partial charge in [0.2, 0.25) is 0 Å². The van der Waals surface area contributed by atoms with E-state index in [0.29, 0.717) is 22.0 Å². The lowest BCUT2D eigenvalue weighted by molar-refractivity contribution is -0.384. The lowest BCUT2D eigenvalue weighted by Gasteiger charge is -2.21. The largest absolute Gasteiger partial charge is 0.339 e. The zero-order chi connectivity index (χ0) is 23.0. The second-order valence-electron chi connectivity index (χ2n) is 7.30. The first kappa shape index (κ1) is 21.3. The Hall–Kier alpha value is -3.97. The molecule has 0 fully saturated rings. The predicted octanol–water partition coefficient (Wildman–Crippen LogP) is 4.98. The molecule has 1 aliphatic heterocycles. The predicted molar refractivity (Wildman–Crippen MR) is 124 cm³/mol. The van der Waals surface area contributed by atoms with E-state index in [1.54, 1.807) is 30.1 Å². The van der Waals surface area contributed by atoms with Gasteiger partial charge in [0, 0.05) is 29.9 Å². The molecule has 0 atom stereocenters. The molecule has 1 aliphatic rings. The number of carbonyl (C=O) groups excluding carboxylic acids is 2. The molecule has 0 aromatic heterocycles. The van der Waals surface area contributed by atoms with Crippen LogP contribution in [-0.2, 0) is 9.59 Å². The number of nitrogens with zero attached hydrogens (tertiary/aromatic N) is 3. The summed E-state index contributed by atoms with van der Waals surface area (Å²) in [6.07, 6.45) is 0. The van der Waals surface area contributed by atoms with Crippen LogP contribution in [-0.4, -0.2) is 23.8 Å². The van der Waals surface area contributed by atoms with E-state index in [1.165, 1.54) is 24.3 Å². The van der Waals surface area contributed by atoms with Crippen LogP contribution in [0.25, 0.3) is 5.57 Å². The number of non-ortho nitro benzene ring substituents is 1. The summed E-state index contributed by atoms with van der Waals surface area (Å²) in [7, 11) is 1.70. The van der Waals surface area contributed by atoms with Crippen LogP contribution >= 0.6 is 11.6 Å². The number of anilines is 2. The second-order valence-corrected chi connectivity index (χ2v) is 7.71. The molecule has 7 nitrogen and oxygen atoms in total. The van der Waals surface area contributed by atoms with Gasteiger partial charge in [0.1, 0.15) is 5.70 Å². The Morgan fingerprint density at radius 1 is 0.938 bits per heavy atom. The molecule has 0 aliphatic carbocycles. The minimum Gasteiger partial charge on any atom is -0.339 e. The van der Waals surface area contributed by atoms with Crippen molar-refractivity contribution in [1.82, 2.24) is 0 Å². The smallest absolute Gasteiger partial charge is 0.282 e. The molecular weight excluding hydrogens is 430 g/mol. The summed E-state index contributed by atoms with van der Waals surface area (Å²) in [6.45, 7) is 1.83. The Morgan fingerprint density at radius 2 is 1.59 bits per heavy atom. The number of hydrogen-bond donors (Lipinski definition) is 0. The maximum absolute atomic E-state index is 13.5. The highest BCUT2D eigenvalue weighted by molar-refractivity contribution is 6.46. The number of amides is 2. The van der Waals surface area contributed by atoms with Crippen LogP contribution in [0.1, 0.15) is 11.1 Å². The number of para-hydroxylation sites is 1. The van der Waals surface area contributed by atoms with Crippen molar-refractivity contribution >= 4 is 46.1 Å². The quantitative estimate of drug-likeness (QED) is 0.313. The number of aryl methyl sites for hydroxylation is 1. The monoisotopic (exact) mass is 447 g/mol. The summed E-state index contributed by atoms with van der Waals surface area (Å²) in [5.74, 6) is -1.03. The standard InChI is InChI=1S/C24H18ClN3O4/c1-15-8-11-19(14-20(15)25)27-23(29)21(16-9-12-18(13-10-16)28(31)32)22(24(27)30)26(2)17-6-4-3-5-7-17/h3-14H,1-2H3. The van der Waals surface area contributed by atoms with E-state index in [-0.39, 0.29) is 17.0 Å². The number of benzene rings is 3. The summed E-state index contributed by atoms with van der Waals surface area (Å²) in [4.78, 5) is 40.3. The number of halogens is 1. The topological polar surface area (TPSA) is 83.8 Å². The van der Waals surface area contributed by atoms with Crippen LogP contribution in [0.4, 0.5) is 17.1 Å². The van der Waals surface area contributed by atoms with Gasteiger partial charge in [-0.05, 0) is 54.4 Å². The van der Waals surface area contributed by atoms with Crippen molar-refractivity contribution in [3.63, 3.8) is 0 Å². The normalized spacial score (nSPS) is 13.7. The van der Waals surface area contributed by atoms with Gasteiger partial charge in [-0.15, -0.1) is 0 Å². The third-order valence-electron chi connectivity index (χ3n) is 5.32. The average Bonchev–Trinajstić information content (AvgIpc) is 3.05. The molecule has 0 spiro atoms. The fourth-order valence-corrected chi connectivity index (χ4v) is 3.75. The minimum atomic E-state index is -0.526. The molecule has 32 heavy (non-hydrogen) atoms. The summed E-state index contributed by atoms with van der Waals surface area (Å²) in [5, 5.41) is 11.5. The number of nitro benzene ring substituents is 1. The van der Waals surface area contributed by atoms with Crippen molar-refractivity contribution in [2.75, 3.05) is 16.8 Å². The number of likely N-dealkylation sites (N-methyl/N-ethyl adjacent to an activating group) is 1. The van der Waals surface area contributed by atoms with Crippen LogP contribution in [0.3, 0.4) is 0 Å². The molecular formula is C24H18ClN3O4. The van der Waals surface area contributed by atoms with Crippen molar-refractivity contribution in [3.8, 4) is 0 Å².